The van der Waals surface area contributed by atoms with Crippen molar-refractivity contribution < 1.29 is 0 Å². The quantitative estimate of drug-likeness (QED) is 0.844. The predicted molar refractivity (Wildman–Crippen MR) is 88.5 cm³/mol. The van der Waals surface area contributed by atoms with E-state index in [4.69, 9.17) is 0 Å². The van der Waals surface area contributed by atoms with Crippen LogP contribution in [-0.2, 0) is 0 Å². The van der Waals surface area contributed by atoms with E-state index in [1.807, 2.05) is 0 Å². The molecule has 0 spiro atoms. The molecule has 0 bridgehead atoms. The van der Waals surface area contributed by atoms with Gasteiger partial charge in [0.2, 0.25) is 0 Å². The van der Waals surface area contributed by atoms with Gasteiger partial charge in [0.05, 0.1) is 0 Å². The zero-order chi connectivity index (χ0) is 14.4. The summed E-state index contributed by atoms with van der Waals surface area (Å²) in [5.74, 6) is 0.845. The number of aryl methyl sites for hydroxylation is 1. The highest BCUT2D eigenvalue weighted by molar-refractivity contribution is 5.48. The highest BCUT2D eigenvalue weighted by Crippen LogP contribution is 2.23. The van der Waals surface area contributed by atoms with Gasteiger partial charge in [-0.05, 0) is 50.3 Å². The molecule has 0 aromatic heterocycles. The number of likely N-dealkylation sites (N-methyl/N-ethyl adjacent to an activating group) is 1. The zero-order valence-corrected chi connectivity index (χ0v) is 13.4. The molecule has 2 nitrogen and oxygen atoms in total. The first-order valence-electron chi connectivity index (χ1n) is 8.25. The fourth-order valence-electron chi connectivity index (χ4n) is 3.30. The van der Waals surface area contributed by atoms with Crippen LogP contribution in [0.2, 0.25) is 0 Å². The Kier molecular flexibility index (Phi) is 5.90. The minimum atomic E-state index is 0.736. The summed E-state index contributed by atoms with van der Waals surface area (Å²) in [6.07, 6.45) is 5.58. The molecule has 112 valence electrons. The van der Waals surface area contributed by atoms with E-state index in [1.165, 1.54) is 36.9 Å². The van der Waals surface area contributed by atoms with Gasteiger partial charge in [-0.2, -0.15) is 0 Å². The van der Waals surface area contributed by atoms with Gasteiger partial charge in [-0.25, -0.2) is 0 Å². The molecule has 2 heteroatoms. The lowest BCUT2D eigenvalue weighted by atomic mass is 9.86. The summed E-state index contributed by atoms with van der Waals surface area (Å²) >= 11 is 0. The van der Waals surface area contributed by atoms with E-state index in [1.54, 1.807) is 0 Å². The molecule has 20 heavy (non-hydrogen) atoms. The Bertz CT molecular complexity index is 402. The van der Waals surface area contributed by atoms with E-state index < -0.39 is 0 Å². The number of nitrogens with one attached hydrogen (secondary N) is 1. The summed E-state index contributed by atoms with van der Waals surface area (Å²) in [4.78, 5) is 2.47. The first-order valence-corrected chi connectivity index (χ1v) is 8.25. The van der Waals surface area contributed by atoms with Crippen LogP contribution in [0.25, 0.3) is 0 Å². The molecule has 1 aliphatic rings. The van der Waals surface area contributed by atoms with Crippen LogP contribution in [0.1, 0.15) is 45.1 Å². The molecule has 2 atom stereocenters. The molecule has 0 amide bonds. The molecule has 0 aliphatic heterocycles. The van der Waals surface area contributed by atoms with E-state index in [0.717, 1.165) is 31.6 Å². The van der Waals surface area contributed by atoms with Crippen LogP contribution in [0.15, 0.2) is 24.3 Å². The third kappa shape index (κ3) is 4.24. The molecule has 1 aromatic carbocycles. The molecular formula is C18H30N2. The topological polar surface area (TPSA) is 15.3 Å². The molecule has 1 saturated carbocycles. The molecule has 1 fully saturated rings. The molecule has 1 aromatic rings. The fraction of sp³-hybridized carbons (Fsp3) is 0.667. The molecule has 2 unspecified atom stereocenters. The van der Waals surface area contributed by atoms with E-state index >= 15 is 0 Å². The van der Waals surface area contributed by atoms with Crippen molar-refractivity contribution in [3.63, 3.8) is 0 Å². The Morgan fingerprint density at radius 2 is 2.05 bits per heavy atom. The Hall–Kier alpha value is -1.02. The fourth-order valence-corrected chi connectivity index (χ4v) is 3.30. The predicted octanol–water partition coefficient (Wildman–Crippen LogP) is 3.99. The van der Waals surface area contributed by atoms with Crippen molar-refractivity contribution in [3.8, 4) is 0 Å². The van der Waals surface area contributed by atoms with Crippen LogP contribution >= 0.6 is 0 Å². The Morgan fingerprint density at radius 1 is 1.25 bits per heavy atom. The van der Waals surface area contributed by atoms with Crippen LogP contribution in [-0.4, -0.2) is 25.7 Å². The highest BCUT2D eigenvalue weighted by Gasteiger charge is 2.20. The second-order valence-corrected chi connectivity index (χ2v) is 6.24. The molecule has 1 aliphatic carbocycles. The number of benzene rings is 1. The maximum absolute atomic E-state index is 3.78. The van der Waals surface area contributed by atoms with Crippen molar-refractivity contribution in [1.82, 2.24) is 5.32 Å². The first kappa shape index (κ1) is 15.4. The average Bonchev–Trinajstić information content (AvgIpc) is 2.45. The number of nitrogens with zero attached hydrogens (tertiary/aromatic N) is 1. The second-order valence-electron chi connectivity index (χ2n) is 6.24. The summed E-state index contributed by atoms with van der Waals surface area (Å²) < 4.78 is 0. The Balaban J connectivity index is 1.82. The monoisotopic (exact) mass is 274 g/mol. The standard InChI is InChI=1S/C18H30N2/c1-4-20(17-10-7-8-15(2)14-17)13-12-19-18-11-6-5-9-16(18)3/h7-8,10,14,16,18-19H,4-6,9,11-13H2,1-3H3. The smallest absolute Gasteiger partial charge is 0.0369 e. The summed E-state index contributed by atoms with van der Waals surface area (Å²) in [6, 6.07) is 9.57. The van der Waals surface area contributed by atoms with E-state index in [-0.39, 0.29) is 0 Å². The third-order valence-electron chi connectivity index (χ3n) is 4.65. The van der Waals surface area contributed by atoms with Crippen molar-refractivity contribution in [2.75, 3.05) is 24.5 Å². The highest BCUT2D eigenvalue weighted by atomic mass is 15.1. The van der Waals surface area contributed by atoms with Gasteiger partial charge in [-0.3, -0.25) is 0 Å². The molecule has 0 radical (unpaired) electrons. The lowest BCUT2D eigenvalue weighted by Crippen LogP contribution is -2.41. The summed E-state index contributed by atoms with van der Waals surface area (Å²) in [5.41, 5.74) is 2.70. The SMILES string of the molecule is CCN(CCNC1CCCCC1C)c1cccc(C)c1. The molecule has 0 saturated heterocycles. The first-order chi connectivity index (χ1) is 9.70. The van der Waals surface area contributed by atoms with Gasteiger partial charge in [-0.15, -0.1) is 0 Å². The van der Waals surface area contributed by atoms with Gasteiger partial charge >= 0.3 is 0 Å². The normalized spacial score (nSPS) is 22.8. The zero-order valence-electron chi connectivity index (χ0n) is 13.4. The van der Waals surface area contributed by atoms with Gasteiger partial charge < -0.3 is 10.2 Å². The van der Waals surface area contributed by atoms with E-state index in [9.17, 15) is 0 Å². The van der Waals surface area contributed by atoms with Crippen LogP contribution in [0.4, 0.5) is 5.69 Å². The maximum atomic E-state index is 3.78. The number of anilines is 1. The van der Waals surface area contributed by atoms with E-state index in [2.05, 4.69) is 55.3 Å². The lowest BCUT2D eigenvalue weighted by Gasteiger charge is -2.31. The second kappa shape index (κ2) is 7.68. The van der Waals surface area contributed by atoms with Crippen molar-refractivity contribution in [3.05, 3.63) is 29.8 Å². The van der Waals surface area contributed by atoms with Crippen LogP contribution in [0.5, 0.6) is 0 Å². The van der Waals surface area contributed by atoms with Gasteiger partial charge in [0.25, 0.3) is 0 Å². The Morgan fingerprint density at radius 3 is 2.75 bits per heavy atom. The van der Waals surface area contributed by atoms with Crippen molar-refractivity contribution in [2.45, 2.75) is 52.5 Å². The van der Waals surface area contributed by atoms with Gasteiger partial charge in [-0.1, -0.05) is 31.9 Å². The number of hydrogen-bond donors (Lipinski definition) is 1. The summed E-state index contributed by atoms with van der Waals surface area (Å²) in [5, 5.41) is 3.78. The van der Waals surface area contributed by atoms with Gasteiger partial charge in [0.1, 0.15) is 0 Å². The lowest BCUT2D eigenvalue weighted by molar-refractivity contribution is 0.282. The van der Waals surface area contributed by atoms with Crippen molar-refractivity contribution in [2.24, 2.45) is 5.92 Å². The Labute approximate surface area is 124 Å². The molecule has 1 N–H and O–H groups in total. The third-order valence-corrected chi connectivity index (χ3v) is 4.65. The van der Waals surface area contributed by atoms with Crippen LogP contribution in [0, 0.1) is 12.8 Å². The maximum Gasteiger partial charge on any atom is 0.0369 e. The van der Waals surface area contributed by atoms with Crippen molar-refractivity contribution >= 4 is 5.69 Å². The van der Waals surface area contributed by atoms with Gasteiger partial charge in [0.15, 0.2) is 0 Å². The minimum absolute atomic E-state index is 0.736. The number of rotatable bonds is 6. The summed E-state index contributed by atoms with van der Waals surface area (Å²) in [6.45, 7) is 10.1. The number of hydrogen-bond acceptors (Lipinski definition) is 2. The molecular weight excluding hydrogens is 244 g/mol. The summed E-state index contributed by atoms with van der Waals surface area (Å²) in [7, 11) is 0. The van der Waals surface area contributed by atoms with Crippen molar-refractivity contribution in [1.29, 1.82) is 0 Å². The van der Waals surface area contributed by atoms with Crippen LogP contribution in [0.3, 0.4) is 0 Å². The van der Waals surface area contributed by atoms with E-state index in [0.29, 0.717) is 0 Å². The van der Waals surface area contributed by atoms with Gasteiger partial charge in [0, 0.05) is 31.4 Å². The largest absolute Gasteiger partial charge is 0.371 e. The average molecular weight is 274 g/mol. The minimum Gasteiger partial charge on any atom is -0.371 e. The molecule has 2 rings (SSSR count). The van der Waals surface area contributed by atoms with Crippen LogP contribution < -0.4 is 10.2 Å². The molecule has 0 heterocycles.